The maximum absolute atomic E-state index is 5.42. The molecule has 1 aromatic heterocycles. The quantitative estimate of drug-likeness (QED) is 0.590. The molecule has 0 radical (unpaired) electrons. The number of ether oxygens (including phenoxy) is 1. The van der Waals surface area contributed by atoms with Gasteiger partial charge < -0.3 is 15.4 Å². The summed E-state index contributed by atoms with van der Waals surface area (Å²) in [6, 6.07) is 2.26. The molecule has 0 fully saturated rings. The summed E-state index contributed by atoms with van der Waals surface area (Å²) in [4.78, 5) is 8.68. The van der Waals surface area contributed by atoms with Gasteiger partial charge in [-0.15, -0.1) is 11.3 Å². The first kappa shape index (κ1) is 18.2. The molecular weight excluding hydrogens is 308 g/mol. The lowest BCUT2D eigenvalue weighted by molar-refractivity contribution is 0.0310. The van der Waals surface area contributed by atoms with Crippen LogP contribution in [0.25, 0.3) is 0 Å². The second kappa shape index (κ2) is 8.66. The van der Waals surface area contributed by atoms with Crippen LogP contribution in [0.4, 0.5) is 0 Å². The molecule has 0 spiro atoms. The van der Waals surface area contributed by atoms with Crippen LogP contribution in [0.5, 0.6) is 0 Å². The standard InChI is InChI=1S/C17H30N4OS/c1-5-18-16(20-13-17(2,3)22-4)19-8-10-21-9-6-15-14(12-21)7-11-23-15/h7,11H,5-6,8-10,12-13H2,1-4H3,(H2,18,19,20). The van der Waals surface area contributed by atoms with Crippen LogP contribution < -0.4 is 10.6 Å². The van der Waals surface area contributed by atoms with E-state index in [0.717, 1.165) is 38.7 Å². The van der Waals surface area contributed by atoms with E-state index in [4.69, 9.17) is 4.74 Å². The van der Waals surface area contributed by atoms with Crippen molar-refractivity contribution in [3.63, 3.8) is 0 Å². The summed E-state index contributed by atoms with van der Waals surface area (Å²) in [5.41, 5.74) is 1.27. The number of methoxy groups -OCH3 is 1. The normalized spacial score (nSPS) is 16.3. The SMILES string of the molecule is CCNC(=NCC(C)(C)OC)NCCN1CCc2sccc2C1. The van der Waals surface area contributed by atoms with Crippen molar-refractivity contribution in [3.8, 4) is 0 Å². The van der Waals surface area contributed by atoms with Crippen LogP contribution in [0.15, 0.2) is 16.4 Å². The summed E-state index contributed by atoms with van der Waals surface area (Å²) in [7, 11) is 1.73. The van der Waals surface area contributed by atoms with Crippen LogP contribution in [-0.2, 0) is 17.7 Å². The van der Waals surface area contributed by atoms with E-state index in [2.05, 4.69) is 38.9 Å². The van der Waals surface area contributed by atoms with Crippen molar-refractivity contribution in [1.29, 1.82) is 0 Å². The third-order valence-electron chi connectivity index (χ3n) is 4.12. The predicted octanol–water partition coefficient (Wildman–Crippen LogP) is 2.09. The first-order chi connectivity index (χ1) is 11.0. The Bertz CT molecular complexity index is 512. The van der Waals surface area contributed by atoms with Crippen molar-refractivity contribution in [2.45, 2.75) is 39.3 Å². The van der Waals surface area contributed by atoms with E-state index in [1.165, 1.54) is 12.0 Å². The molecule has 0 atom stereocenters. The highest BCUT2D eigenvalue weighted by atomic mass is 32.1. The number of fused-ring (bicyclic) bond motifs is 1. The topological polar surface area (TPSA) is 48.9 Å². The van der Waals surface area contributed by atoms with Gasteiger partial charge in [0.15, 0.2) is 5.96 Å². The summed E-state index contributed by atoms with van der Waals surface area (Å²) < 4.78 is 5.42. The molecule has 0 saturated heterocycles. The molecule has 2 N–H and O–H groups in total. The van der Waals surface area contributed by atoms with Gasteiger partial charge in [0.25, 0.3) is 0 Å². The lowest BCUT2D eigenvalue weighted by Gasteiger charge is -2.27. The molecule has 5 nitrogen and oxygen atoms in total. The van der Waals surface area contributed by atoms with Crippen molar-refractivity contribution in [2.24, 2.45) is 4.99 Å². The Hall–Kier alpha value is -1.11. The van der Waals surface area contributed by atoms with Crippen LogP contribution in [0.1, 0.15) is 31.2 Å². The Morgan fingerprint density at radius 3 is 3.00 bits per heavy atom. The third kappa shape index (κ3) is 5.79. The summed E-state index contributed by atoms with van der Waals surface area (Å²) in [5, 5.41) is 8.93. The Balaban J connectivity index is 1.77. The van der Waals surface area contributed by atoms with Crippen LogP contribution in [0.2, 0.25) is 0 Å². The Labute approximate surface area is 144 Å². The molecule has 0 amide bonds. The van der Waals surface area contributed by atoms with Gasteiger partial charge in [-0.3, -0.25) is 9.89 Å². The van der Waals surface area contributed by atoms with Gasteiger partial charge in [0.05, 0.1) is 12.1 Å². The van der Waals surface area contributed by atoms with Gasteiger partial charge in [0, 0.05) is 44.7 Å². The van der Waals surface area contributed by atoms with E-state index < -0.39 is 0 Å². The van der Waals surface area contributed by atoms with Gasteiger partial charge in [-0.05, 0) is 44.2 Å². The first-order valence-corrected chi connectivity index (χ1v) is 9.27. The lowest BCUT2D eigenvalue weighted by Crippen LogP contribution is -2.43. The smallest absolute Gasteiger partial charge is 0.191 e. The second-order valence-electron chi connectivity index (χ2n) is 6.48. The van der Waals surface area contributed by atoms with E-state index >= 15 is 0 Å². The first-order valence-electron chi connectivity index (χ1n) is 8.39. The molecule has 130 valence electrons. The molecule has 23 heavy (non-hydrogen) atoms. The average molecular weight is 339 g/mol. The van der Waals surface area contributed by atoms with E-state index in [-0.39, 0.29) is 5.60 Å². The summed E-state index contributed by atoms with van der Waals surface area (Å²) in [6.45, 7) is 11.8. The number of nitrogens with one attached hydrogen (secondary N) is 2. The zero-order chi connectivity index (χ0) is 16.7. The van der Waals surface area contributed by atoms with Crippen molar-refractivity contribution in [2.75, 3.05) is 39.8 Å². The molecule has 2 heterocycles. The fourth-order valence-electron chi connectivity index (χ4n) is 2.51. The summed E-state index contributed by atoms with van der Waals surface area (Å²) in [5.74, 6) is 0.867. The molecule has 6 heteroatoms. The number of nitrogens with zero attached hydrogens (tertiary/aromatic N) is 2. The highest BCUT2D eigenvalue weighted by Crippen LogP contribution is 2.23. The number of hydrogen-bond donors (Lipinski definition) is 2. The van der Waals surface area contributed by atoms with Crippen LogP contribution in [-0.4, -0.2) is 56.3 Å². The van der Waals surface area contributed by atoms with Gasteiger partial charge in [-0.1, -0.05) is 0 Å². The molecule has 0 unspecified atom stereocenters. The van der Waals surface area contributed by atoms with Gasteiger partial charge in [0.2, 0.25) is 0 Å². The molecule has 1 aliphatic heterocycles. The number of hydrogen-bond acceptors (Lipinski definition) is 4. The highest BCUT2D eigenvalue weighted by Gasteiger charge is 2.17. The number of thiophene rings is 1. The molecule has 1 aromatic rings. The van der Waals surface area contributed by atoms with Crippen LogP contribution in [0.3, 0.4) is 0 Å². The predicted molar refractivity (Wildman–Crippen MR) is 98.4 cm³/mol. The van der Waals surface area contributed by atoms with Crippen molar-refractivity contribution in [1.82, 2.24) is 15.5 Å². The molecule has 1 aliphatic rings. The molecule has 0 saturated carbocycles. The maximum atomic E-state index is 5.42. The molecule has 2 rings (SSSR count). The Morgan fingerprint density at radius 1 is 1.43 bits per heavy atom. The summed E-state index contributed by atoms with van der Waals surface area (Å²) in [6.07, 6.45) is 1.18. The van der Waals surface area contributed by atoms with Crippen LogP contribution in [0, 0.1) is 0 Å². The minimum absolute atomic E-state index is 0.232. The second-order valence-corrected chi connectivity index (χ2v) is 7.48. The van der Waals surface area contributed by atoms with Gasteiger partial charge in [-0.2, -0.15) is 0 Å². The molecular formula is C17H30N4OS. The molecule has 0 aromatic carbocycles. The van der Waals surface area contributed by atoms with Crippen LogP contribution >= 0.6 is 11.3 Å². The van der Waals surface area contributed by atoms with Gasteiger partial charge in [-0.25, -0.2) is 0 Å². The van der Waals surface area contributed by atoms with E-state index in [1.807, 2.05) is 25.2 Å². The van der Waals surface area contributed by atoms with E-state index in [1.54, 1.807) is 12.0 Å². The Kier molecular flexibility index (Phi) is 6.87. The molecule has 0 aliphatic carbocycles. The average Bonchev–Trinajstić information content (AvgIpc) is 3.00. The maximum Gasteiger partial charge on any atom is 0.191 e. The largest absolute Gasteiger partial charge is 0.377 e. The van der Waals surface area contributed by atoms with Gasteiger partial charge >= 0.3 is 0 Å². The fraction of sp³-hybridized carbons (Fsp3) is 0.706. The minimum atomic E-state index is -0.232. The minimum Gasteiger partial charge on any atom is -0.377 e. The lowest BCUT2D eigenvalue weighted by atomic mass is 10.1. The third-order valence-corrected chi connectivity index (χ3v) is 5.14. The fourth-order valence-corrected chi connectivity index (χ4v) is 3.40. The number of aliphatic imine (C=N–C) groups is 1. The summed E-state index contributed by atoms with van der Waals surface area (Å²) >= 11 is 1.89. The van der Waals surface area contributed by atoms with Crippen molar-refractivity contribution >= 4 is 17.3 Å². The number of guanidine groups is 1. The zero-order valence-corrected chi connectivity index (χ0v) is 15.6. The van der Waals surface area contributed by atoms with Crippen molar-refractivity contribution < 1.29 is 4.74 Å². The van der Waals surface area contributed by atoms with Crippen molar-refractivity contribution in [3.05, 3.63) is 21.9 Å². The van der Waals surface area contributed by atoms with Gasteiger partial charge in [0.1, 0.15) is 0 Å². The van der Waals surface area contributed by atoms with E-state index in [9.17, 15) is 0 Å². The van der Waals surface area contributed by atoms with E-state index in [0.29, 0.717) is 6.54 Å². The molecule has 0 bridgehead atoms. The monoisotopic (exact) mass is 338 g/mol. The zero-order valence-electron chi connectivity index (χ0n) is 14.8. The number of rotatable bonds is 7. The Morgan fingerprint density at radius 2 is 2.26 bits per heavy atom. The highest BCUT2D eigenvalue weighted by molar-refractivity contribution is 7.10.